The van der Waals surface area contributed by atoms with E-state index < -0.39 is 17.6 Å². The van der Waals surface area contributed by atoms with Crippen LogP contribution < -0.4 is 5.32 Å². The van der Waals surface area contributed by atoms with E-state index in [1.807, 2.05) is 13.8 Å². The maximum Gasteiger partial charge on any atom is 0.337 e. The number of urea groups is 1. The third-order valence-electron chi connectivity index (χ3n) is 2.48. The van der Waals surface area contributed by atoms with Crippen LogP contribution in [0.3, 0.4) is 0 Å². The Bertz CT molecular complexity index is 304. The lowest BCUT2D eigenvalue weighted by molar-refractivity contribution is -0.155. The summed E-state index contributed by atoms with van der Waals surface area (Å²) in [5.74, 6) is -1.09. The van der Waals surface area contributed by atoms with Gasteiger partial charge in [0, 0.05) is 20.2 Å². The fourth-order valence-electron chi connectivity index (χ4n) is 1.35. The first-order valence-corrected chi connectivity index (χ1v) is 6.18. The largest absolute Gasteiger partial charge is 0.479 e. The Morgan fingerprint density at radius 1 is 1.42 bits per heavy atom. The summed E-state index contributed by atoms with van der Waals surface area (Å²) in [5.41, 5.74) is -1.97. The molecular formula is C12H24N2O5. The van der Waals surface area contributed by atoms with Gasteiger partial charge in [-0.1, -0.05) is 13.8 Å². The van der Waals surface area contributed by atoms with Gasteiger partial charge in [-0.25, -0.2) is 9.59 Å². The first-order chi connectivity index (χ1) is 8.70. The molecule has 0 rings (SSSR count). The van der Waals surface area contributed by atoms with E-state index in [-0.39, 0.29) is 12.5 Å². The molecule has 0 fully saturated rings. The van der Waals surface area contributed by atoms with Crippen LogP contribution in [0.25, 0.3) is 0 Å². The summed E-state index contributed by atoms with van der Waals surface area (Å²) in [6.45, 7) is 6.08. The summed E-state index contributed by atoms with van der Waals surface area (Å²) in [6.07, 6.45) is 0. The molecule has 0 saturated carbocycles. The molecule has 1 unspecified atom stereocenters. The summed E-state index contributed by atoms with van der Waals surface area (Å²) in [6, 6.07) is -0.410. The standard InChI is InChI=1S/C12H24N2O5/c1-9(2)7-14(5-6-19-4)11(17)13-8-12(3,18)10(15)16/h9,18H,5-8H2,1-4H3,(H,13,17)(H,15,16). The van der Waals surface area contributed by atoms with E-state index in [1.54, 1.807) is 7.11 Å². The minimum Gasteiger partial charge on any atom is -0.479 e. The lowest BCUT2D eigenvalue weighted by atomic mass is 10.1. The zero-order valence-corrected chi connectivity index (χ0v) is 12.0. The summed E-state index contributed by atoms with van der Waals surface area (Å²) in [4.78, 5) is 24.2. The number of aliphatic carboxylic acids is 1. The van der Waals surface area contributed by atoms with Crippen molar-refractivity contribution in [1.82, 2.24) is 10.2 Å². The van der Waals surface area contributed by atoms with Crippen LogP contribution in [0.4, 0.5) is 4.79 Å². The van der Waals surface area contributed by atoms with E-state index in [2.05, 4.69) is 5.32 Å². The topological polar surface area (TPSA) is 99.1 Å². The molecule has 0 aromatic heterocycles. The second-order valence-electron chi connectivity index (χ2n) is 5.07. The van der Waals surface area contributed by atoms with Crippen LogP contribution in [-0.2, 0) is 9.53 Å². The van der Waals surface area contributed by atoms with E-state index in [0.29, 0.717) is 19.7 Å². The molecule has 1 atom stereocenters. The molecule has 2 amide bonds. The normalized spacial score (nSPS) is 14.0. The third kappa shape index (κ3) is 6.97. The molecule has 0 aromatic rings. The number of rotatable bonds is 8. The molecule has 0 spiro atoms. The summed E-state index contributed by atoms with van der Waals surface area (Å²) in [7, 11) is 1.54. The Morgan fingerprint density at radius 2 is 2.00 bits per heavy atom. The molecule has 3 N–H and O–H groups in total. The smallest absolute Gasteiger partial charge is 0.337 e. The molecule has 0 aliphatic rings. The quantitative estimate of drug-likeness (QED) is 0.585. The number of carboxylic acids is 1. The van der Waals surface area contributed by atoms with Gasteiger partial charge in [-0.15, -0.1) is 0 Å². The van der Waals surface area contributed by atoms with Gasteiger partial charge in [0.1, 0.15) is 0 Å². The van der Waals surface area contributed by atoms with E-state index >= 15 is 0 Å². The van der Waals surface area contributed by atoms with Crippen molar-refractivity contribution in [2.24, 2.45) is 5.92 Å². The second-order valence-corrected chi connectivity index (χ2v) is 5.07. The molecule has 0 radical (unpaired) electrons. The van der Waals surface area contributed by atoms with Gasteiger partial charge in [-0.2, -0.15) is 0 Å². The minimum atomic E-state index is -1.97. The van der Waals surface area contributed by atoms with Gasteiger partial charge in [0.2, 0.25) is 0 Å². The number of carboxylic acid groups (broad SMARTS) is 1. The van der Waals surface area contributed by atoms with Gasteiger partial charge in [-0.3, -0.25) is 0 Å². The van der Waals surface area contributed by atoms with Crippen LogP contribution in [0.1, 0.15) is 20.8 Å². The first-order valence-electron chi connectivity index (χ1n) is 6.18. The van der Waals surface area contributed by atoms with Gasteiger partial charge < -0.3 is 25.2 Å². The number of nitrogens with zero attached hydrogens (tertiary/aromatic N) is 1. The van der Waals surface area contributed by atoms with Crippen molar-refractivity contribution in [3.05, 3.63) is 0 Å². The number of hydrogen-bond acceptors (Lipinski definition) is 4. The van der Waals surface area contributed by atoms with Crippen LogP contribution in [0.5, 0.6) is 0 Å². The van der Waals surface area contributed by atoms with Crippen molar-refractivity contribution in [3.63, 3.8) is 0 Å². The Morgan fingerprint density at radius 3 is 2.42 bits per heavy atom. The van der Waals surface area contributed by atoms with Crippen LogP contribution in [0.2, 0.25) is 0 Å². The molecule has 7 heteroatoms. The second kappa shape index (κ2) is 7.96. The number of hydrogen-bond donors (Lipinski definition) is 3. The number of amides is 2. The predicted molar refractivity (Wildman–Crippen MR) is 69.9 cm³/mol. The average molecular weight is 276 g/mol. The molecule has 0 bridgehead atoms. The number of carbonyl (C=O) groups excluding carboxylic acids is 1. The lowest BCUT2D eigenvalue weighted by Crippen LogP contribution is -2.51. The Hall–Kier alpha value is -1.34. The molecule has 0 aromatic carbocycles. The molecule has 0 heterocycles. The molecule has 112 valence electrons. The zero-order valence-electron chi connectivity index (χ0n) is 12.0. The fraction of sp³-hybridized carbons (Fsp3) is 0.833. The predicted octanol–water partition coefficient (Wildman–Crippen LogP) is 0.136. The highest BCUT2D eigenvalue weighted by Gasteiger charge is 2.31. The van der Waals surface area contributed by atoms with E-state index in [1.165, 1.54) is 4.90 Å². The van der Waals surface area contributed by atoms with Gasteiger partial charge >= 0.3 is 12.0 Å². The highest BCUT2D eigenvalue weighted by atomic mass is 16.5. The molecule has 0 aliphatic carbocycles. The van der Waals surface area contributed by atoms with Crippen molar-refractivity contribution >= 4 is 12.0 Å². The molecular weight excluding hydrogens is 252 g/mol. The zero-order chi connectivity index (χ0) is 15.1. The Kier molecular flexibility index (Phi) is 7.40. The van der Waals surface area contributed by atoms with Crippen molar-refractivity contribution in [1.29, 1.82) is 0 Å². The van der Waals surface area contributed by atoms with Crippen LogP contribution in [-0.4, -0.2) is 66.1 Å². The maximum atomic E-state index is 11.9. The number of carbonyl (C=O) groups is 2. The monoisotopic (exact) mass is 276 g/mol. The van der Waals surface area contributed by atoms with E-state index in [4.69, 9.17) is 9.84 Å². The highest BCUT2D eigenvalue weighted by Crippen LogP contribution is 2.03. The van der Waals surface area contributed by atoms with Crippen LogP contribution in [0.15, 0.2) is 0 Å². The number of nitrogens with one attached hydrogen (secondary N) is 1. The van der Waals surface area contributed by atoms with Gasteiger partial charge in [-0.05, 0) is 12.8 Å². The van der Waals surface area contributed by atoms with Crippen molar-refractivity contribution in [2.75, 3.05) is 33.4 Å². The van der Waals surface area contributed by atoms with Crippen molar-refractivity contribution in [2.45, 2.75) is 26.4 Å². The van der Waals surface area contributed by atoms with Crippen molar-refractivity contribution < 1.29 is 24.5 Å². The van der Waals surface area contributed by atoms with E-state index in [0.717, 1.165) is 6.92 Å². The first kappa shape index (κ1) is 17.7. The summed E-state index contributed by atoms with van der Waals surface area (Å²) < 4.78 is 4.92. The average Bonchev–Trinajstić information content (AvgIpc) is 2.30. The maximum absolute atomic E-state index is 11.9. The Labute approximate surface area is 113 Å². The SMILES string of the molecule is COCCN(CC(C)C)C(=O)NCC(C)(O)C(=O)O. The summed E-state index contributed by atoms with van der Waals surface area (Å²) >= 11 is 0. The molecule has 0 saturated heterocycles. The molecule has 19 heavy (non-hydrogen) atoms. The van der Waals surface area contributed by atoms with Gasteiger partial charge in [0.25, 0.3) is 0 Å². The third-order valence-corrected chi connectivity index (χ3v) is 2.48. The fourth-order valence-corrected chi connectivity index (χ4v) is 1.35. The molecule has 7 nitrogen and oxygen atoms in total. The lowest BCUT2D eigenvalue weighted by Gasteiger charge is -2.26. The number of methoxy groups -OCH3 is 1. The number of ether oxygens (including phenoxy) is 1. The number of aliphatic hydroxyl groups is 1. The van der Waals surface area contributed by atoms with Crippen molar-refractivity contribution in [3.8, 4) is 0 Å². The Balaban J connectivity index is 4.42. The van der Waals surface area contributed by atoms with Gasteiger partial charge in [0.05, 0.1) is 13.2 Å². The molecule has 0 aliphatic heterocycles. The summed E-state index contributed by atoms with van der Waals surface area (Å²) in [5, 5.41) is 20.7. The van der Waals surface area contributed by atoms with Gasteiger partial charge in [0.15, 0.2) is 5.60 Å². The van der Waals surface area contributed by atoms with Crippen LogP contribution >= 0.6 is 0 Å². The minimum absolute atomic E-state index is 0.280. The van der Waals surface area contributed by atoms with E-state index in [9.17, 15) is 14.7 Å². The van der Waals surface area contributed by atoms with Crippen LogP contribution in [0, 0.1) is 5.92 Å². The highest BCUT2D eigenvalue weighted by molar-refractivity contribution is 5.79.